The number of nitrogens with zero attached hydrogens (tertiary/aromatic N) is 2. The van der Waals surface area contributed by atoms with Crippen LogP contribution in [-0.4, -0.2) is 39.9 Å². The van der Waals surface area contributed by atoms with Gasteiger partial charge in [-0.25, -0.2) is 4.79 Å². The summed E-state index contributed by atoms with van der Waals surface area (Å²) >= 11 is 0. The molecule has 1 aliphatic rings. The summed E-state index contributed by atoms with van der Waals surface area (Å²) in [6.45, 7) is 5.36. The molecule has 1 amide bonds. The van der Waals surface area contributed by atoms with Crippen molar-refractivity contribution in [3.05, 3.63) is 94.9 Å². The van der Waals surface area contributed by atoms with Crippen LogP contribution in [0, 0.1) is 0 Å². The van der Waals surface area contributed by atoms with E-state index in [9.17, 15) is 9.59 Å². The van der Waals surface area contributed by atoms with Crippen LogP contribution in [0.2, 0.25) is 0 Å². The maximum Gasteiger partial charge on any atom is 0.410 e. The van der Waals surface area contributed by atoms with Crippen LogP contribution in [0.25, 0.3) is 11.1 Å². The fourth-order valence-corrected chi connectivity index (χ4v) is 3.99. The maximum atomic E-state index is 12.4. The van der Waals surface area contributed by atoms with Crippen LogP contribution in [0.4, 0.5) is 4.79 Å². The van der Waals surface area contributed by atoms with Crippen molar-refractivity contribution in [1.29, 1.82) is 0 Å². The van der Waals surface area contributed by atoms with Gasteiger partial charge in [0.05, 0.1) is 6.04 Å². The van der Waals surface area contributed by atoms with Crippen molar-refractivity contribution in [3.63, 3.8) is 0 Å². The zero-order valence-corrected chi connectivity index (χ0v) is 20.0. The number of aryl methyl sites for hydroxylation is 1. The number of amides is 1. The molecule has 0 spiro atoms. The number of aliphatic hydroxyl groups is 1. The number of carbonyl (C=O) groups excluding carboxylic acids is 1. The maximum absolute atomic E-state index is 12.4. The number of rotatable bonds is 7. The summed E-state index contributed by atoms with van der Waals surface area (Å²) in [4.78, 5) is 25.9. The van der Waals surface area contributed by atoms with Gasteiger partial charge in [0.15, 0.2) is 0 Å². The molecule has 6 heteroatoms. The normalized spacial score (nSPS) is 16.3. The van der Waals surface area contributed by atoms with Crippen molar-refractivity contribution in [2.75, 3.05) is 13.2 Å². The fourth-order valence-electron chi connectivity index (χ4n) is 3.99. The van der Waals surface area contributed by atoms with E-state index in [1.807, 2.05) is 86.8 Å². The third-order valence-electron chi connectivity index (χ3n) is 6.06. The number of hydrogen-bond acceptors (Lipinski definition) is 4. The summed E-state index contributed by atoms with van der Waals surface area (Å²) in [5, 5.41) is 8.93. The van der Waals surface area contributed by atoms with Crippen LogP contribution in [0.5, 0.6) is 0 Å². The van der Waals surface area contributed by atoms with Gasteiger partial charge in [-0.05, 0) is 49.4 Å². The van der Waals surface area contributed by atoms with Gasteiger partial charge in [0, 0.05) is 38.4 Å². The molecule has 2 heterocycles. The number of cyclic esters (lactones) is 1. The van der Waals surface area contributed by atoms with E-state index >= 15 is 0 Å². The summed E-state index contributed by atoms with van der Waals surface area (Å²) in [5.41, 5.74) is 3.06. The van der Waals surface area contributed by atoms with E-state index < -0.39 is 0 Å². The third kappa shape index (κ3) is 6.81. The Kier molecular flexibility index (Phi) is 9.47. The first-order chi connectivity index (χ1) is 16.5. The molecule has 0 radical (unpaired) electrons. The molecule has 0 saturated carbocycles. The molecule has 1 unspecified atom stereocenters. The minimum atomic E-state index is -0.291. The highest BCUT2D eigenvalue weighted by Crippen LogP contribution is 2.28. The number of pyridine rings is 1. The molecule has 1 saturated heterocycles. The molecule has 1 aliphatic heterocycles. The van der Waals surface area contributed by atoms with E-state index in [0.29, 0.717) is 25.9 Å². The number of aliphatic hydroxyl groups excluding tert-OH is 1. The molecule has 0 aliphatic carbocycles. The lowest BCUT2D eigenvalue weighted by Crippen LogP contribution is -2.43. The van der Waals surface area contributed by atoms with Crippen LogP contribution in [0.15, 0.2) is 83.8 Å². The number of benzene rings is 2. The second kappa shape index (κ2) is 12.8. The number of carbonyl (C=O) groups is 1. The first kappa shape index (κ1) is 25.2. The van der Waals surface area contributed by atoms with Crippen molar-refractivity contribution in [2.24, 2.45) is 0 Å². The first-order valence-corrected chi connectivity index (χ1v) is 11.9. The van der Waals surface area contributed by atoms with Gasteiger partial charge in [-0.2, -0.15) is 0 Å². The Hall–Kier alpha value is -3.38. The van der Waals surface area contributed by atoms with Gasteiger partial charge < -0.3 is 19.3 Å². The summed E-state index contributed by atoms with van der Waals surface area (Å²) in [7, 11) is 0. The molecular weight excluding hydrogens is 428 g/mol. The van der Waals surface area contributed by atoms with E-state index in [-0.39, 0.29) is 30.4 Å². The molecule has 3 aromatic rings. The first-order valence-electron chi connectivity index (χ1n) is 11.9. The molecule has 180 valence electrons. The number of aromatic nitrogens is 1. The predicted molar refractivity (Wildman–Crippen MR) is 135 cm³/mol. The smallest absolute Gasteiger partial charge is 0.410 e. The average Bonchev–Trinajstić information content (AvgIpc) is 2.89. The number of ether oxygens (including phenoxy) is 1. The Morgan fingerprint density at radius 2 is 1.59 bits per heavy atom. The molecule has 1 fully saturated rings. The van der Waals surface area contributed by atoms with Crippen molar-refractivity contribution in [2.45, 2.75) is 51.8 Å². The lowest BCUT2D eigenvalue weighted by atomic mass is 10.0. The molecule has 2 atom stereocenters. The van der Waals surface area contributed by atoms with Gasteiger partial charge >= 0.3 is 6.09 Å². The molecular formula is C28H34N2O4. The highest BCUT2D eigenvalue weighted by Gasteiger charge is 2.30. The highest BCUT2D eigenvalue weighted by atomic mass is 16.6. The minimum absolute atomic E-state index is 0.00241. The molecule has 2 aromatic carbocycles. The fraction of sp³-hybridized carbons (Fsp3) is 0.357. The minimum Gasteiger partial charge on any atom is -0.446 e. The quantitative estimate of drug-likeness (QED) is 0.519. The Morgan fingerprint density at radius 3 is 2.15 bits per heavy atom. The van der Waals surface area contributed by atoms with Gasteiger partial charge in [-0.1, -0.05) is 60.7 Å². The second-order valence-electron chi connectivity index (χ2n) is 8.35. The topological polar surface area (TPSA) is 71.8 Å². The molecule has 6 nitrogen and oxygen atoms in total. The standard InChI is InChI=1S/C22H28N2O4.C6H6/c1-3-23-15-19(10-11-21(23)26)18-8-6-17(7-9-18)16(2)24-13-12-20(5-4-14-25)28-22(24)27;1-2-4-6-5-3-1/h6-11,15-16,20,25H,3-5,12-14H2,1-2H3;1-6H/t16?,20-;/m1./s1. The average molecular weight is 463 g/mol. The van der Waals surface area contributed by atoms with E-state index in [2.05, 4.69) is 0 Å². The molecule has 1 aromatic heterocycles. The van der Waals surface area contributed by atoms with Gasteiger partial charge in [-0.15, -0.1) is 0 Å². The van der Waals surface area contributed by atoms with Crippen molar-refractivity contribution >= 4 is 6.09 Å². The Bertz CT molecular complexity index is 1050. The molecule has 0 bridgehead atoms. The van der Waals surface area contributed by atoms with E-state index in [1.54, 1.807) is 15.5 Å². The summed E-state index contributed by atoms with van der Waals surface area (Å²) in [6.07, 6.45) is 3.63. The van der Waals surface area contributed by atoms with Gasteiger partial charge in [0.25, 0.3) is 5.56 Å². The predicted octanol–water partition coefficient (Wildman–Crippen LogP) is 5.27. The third-order valence-corrected chi connectivity index (χ3v) is 6.06. The highest BCUT2D eigenvalue weighted by molar-refractivity contribution is 5.69. The van der Waals surface area contributed by atoms with Gasteiger partial charge in [-0.3, -0.25) is 4.79 Å². The zero-order valence-electron chi connectivity index (χ0n) is 20.0. The Balaban J connectivity index is 0.000000469. The molecule has 4 rings (SSSR count). The Morgan fingerprint density at radius 1 is 0.971 bits per heavy atom. The molecule has 1 N–H and O–H groups in total. The van der Waals surface area contributed by atoms with E-state index in [1.165, 1.54) is 0 Å². The number of hydrogen-bond donors (Lipinski definition) is 1. The largest absolute Gasteiger partial charge is 0.446 e. The van der Waals surface area contributed by atoms with Crippen LogP contribution in [0.3, 0.4) is 0 Å². The van der Waals surface area contributed by atoms with Crippen molar-refractivity contribution in [1.82, 2.24) is 9.47 Å². The Labute approximate surface area is 201 Å². The van der Waals surface area contributed by atoms with Gasteiger partial charge in [0.1, 0.15) is 6.10 Å². The monoisotopic (exact) mass is 462 g/mol. The van der Waals surface area contributed by atoms with Crippen LogP contribution >= 0.6 is 0 Å². The van der Waals surface area contributed by atoms with Crippen molar-refractivity contribution < 1.29 is 14.6 Å². The van der Waals surface area contributed by atoms with Crippen LogP contribution in [-0.2, 0) is 11.3 Å². The summed E-state index contributed by atoms with van der Waals surface area (Å²) in [5.74, 6) is 0. The SMILES string of the molecule is CCn1cc(-c2ccc(C(C)N3CC[C@@H](CCCO)OC3=O)cc2)ccc1=O.c1ccccc1. The van der Waals surface area contributed by atoms with E-state index in [0.717, 1.165) is 23.1 Å². The summed E-state index contributed by atoms with van der Waals surface area (Å²) in [6, 6.07) is 23.4. The second-order valence-corrected chi connectivity index (χ2v) is 8.35. The van der Waals surface area contributed by atoms with Crippen LogP contribution in [0.1, 0.15) is 44.7 Å². The van der Waals surface area contributed by atoms with E-state index in [4.69, 9.17) is 9.84 Å². The zero-order chi connectivity index (χ0) is 24.3. The lowest BCUT2D eigenvalue weighted by Gasteiger charge is -2.35. The molecule has 34 heavy (non-hydrogen) atoms. The lowest BCUT2D eigenvalue weighted by molar-refractivity contribution is 0.00760. The summed E-state index contributed by atoms with van der Waals surface area (Å²) < 4.78 is 7.20. The van der Waals surface area contributed by atoms with Crippen molar-refractivity contribution in [3.8, 4) is 11.1 Å². The van der Waals surface area contributed by atoms with Gasteiger partial charge in [0.2, 0.25) is 0 Å². The van der Waals surface area contributed by atoms with Crippen LogP contribution < -0.4 is 5.56 Å².